The van der Waals surface area contributed by atoms with Gasteiger partial charge in [0.15, 0.2) is 0 Å². The van der Waals surface area contributed by atoms with Crippen LogP contribution in [0.3, 0.4) is 0 Å². The van der Waals surface area contributed by atoms with E-state index in [1.807, 2.05) is 0 Å². The first kappa shape index (κ1) is 19.2. The predicted molar refractivity (Wildman–Crippen MR) is 89.5 cm³/mol. The Hall–Kier alpha value is -0.810. The zero-order chi connectivity index (χ0) is 15.2. The molecule has 1 unspecified atom stereocenters. The first-order valence-corrected chi connectivity index (χ1v) is 8.40. The van der Waals surface area contributed by atoms with Crippen LogP contribution in [0.4, 0.5) is 0 Å². The Morgan fingerprint density at radius 1 is 1.05 bits per heavy atom. The van der Waals surface area contributed by atoms with E-state index in [9.17, 15) is 9.59 Å². The molecule has 0 heterocycles. The summed E-state index contributed by atoms with van der Waals surface area (Å²) in [7, 11) is 0. The van der Waals surface area contributed by atoms with Gasteiger partial charge in [-0.1, -0.05) is 25.7 Å². The van der Waals surface area contributed by atoms with E-state index in [-0.39, 0.29) is 42.6 Å². The molecule has 2 rings (SSSR count). The van der Waals surface area contributed by atoms with E-state index in [1.54, 1.807) is 0 Å². The van der Waals surface area contributed by atoms with Gasteiger partial charge < -0.3 is 16.8 Å². The van der Waals surface area contributed by atoms with Crippen molar-refractivity contribution in [2.45, 2.75) is 63.8 Å². The van der Waals surface area contributed by atoms with Crippen molar-refractivity contribution in [3.05, 3.63) is 0 Å². The number of nitrogens with two attached hydrogens (primary N) is 2. The molecule has 0 radical (unpaired) electrons. The second-order valence-electron chi connectivity index (χ2n) is 6.72. The third-order valence-corrected chi connectivity index (χ3v) is 5.27. The average molecular weight is 332 g/mol. The second-order valence-corrected chi connectivity index (χ2v) is 6.72. The lowest BCUT2D eigenvalue weighted by atomic mass is 9.82. The molecule has 5 N–H and O–H groups in total. The molecule has 0 aromatic rings. The van der Waals surface area contributed by atoms with E-state index in [2.05, 4.69) is 5.32 Å². The predicted octanol–water partition coefficient (Wildman–Crippen LogP) is 1.72. The smallest absolute Gasteiger partial charge is 0.223 e. The zero-order valence-corrected chi connectivity index (χ0v) is 14.1. The number of halogens is 1. The lowest BCUT2D eigenvalue weighted by Gasteiger charge is -2.31. The summed E-state index contributed by atoms with van der Waals surface area (Å²) >= 11 is 0. The highest BCUT2D eigenvalue weighted by atomic mass is 35.5. The average Bonchev–Trinajstić information content (AvgIpc) is 2.95. The van der Waals surface area contributed by atoms with Crippen LogP contribution in [0.25, 0.3) is 0 Å². The van der Waals surface area contributed by atoms with E-state index in [0.717, 1.165) is 32.1 Å². The fourth-order valence-corrected chi connectivity index (χ4v) is 4.04. The van der Waals surface area contributed by atoms with E-state index in [0.29, 0.717) is 18.4 Å². The van der Waals surface area contributed by atoms with Crippen molar-refractivity contribution in [2.75, 3.05) is 6.54 Å². The van der Waals surface area contributed by atoms with Crippen LogP contribution in [0.2, 0.25) is 0 Å². The van der Waals surface area contributed by atoms with Crippen molar-refractivity contribution in [3.8, 4) is 0 Å². The molecule has 2 aliphatic carbocycles. The normalized spacial score (nSPS) is 27.0. The molecule has 3 atom stereocenters. The maximum atomic E-state index is 12.5. The highest BCUT2D eigenvalue weighted by Gasteiger charge is 2.34. The van der Waals surface area contributed by atoms with Crippen molar-refractivity contribution in [1.82, 2.24) is 5.32 Å². The van der Waals surface area contributed by atoms with Crippen LogP contribution in [-0.4, -0.2) is 24.4 Å². The molecule has 5 nitrogen and oxygen atoms in total. The minimum atomic E-state index is -0.326. The van der Waals surface area contributed by atoms with Gasteiger partial charge in [0.05, 0.1) is 0 Å². The second kappa shape index (κ2) is 9.36. The first-order chi connectivity index (χ1) is 10.1. The molecule has 0 saturated heterocycles. The number of carbonyl (C=O) groups excluding carboxylic acids is 2. The van der Waals surface area contributed by atoms with Crippen LogP contribution in [0, 0.1) is 17.8 Å². The molecule has 0 spiro atoms. The number of rotatable bonds is 6. The van der Waals surface area contributed by atoms with Crippen molar-refractivity contribution >= 4 is 24.2 Å². The van der Waals surface area contributed by atoms with Crippen LogP contribution in [0.15, 0.2) is 0 Å². The zero-order valence-electron chi connectivity index (χ0n) is 13.3. The van der Waals surface area contributed by atoms with Gasteiger partial charge in [-0.3, -0.25) is 9.59 Å². The minimum Gasteiger partial charge on any atom is -0.370 e. The SMILES string of the molecule is Cl.NC[C@H]1CCC[C@H]1C(=O)NC(CC(N)=O)C1CCCCC1. The van der Waals surface area contributed by atoms with Crippen LogP contribution in [0.5, 0.6) is 0 Å². The first-order valence-electron chi connectivity index (χ1n) is 8.40. The van der Waals surface area contributed by atoms with Gasteiger partial charge in [0.25, 0.3) is 0 Å². The molecular formula is C16H30ClN3O2. The molecule has 0 aromatic heterocycles. The van der Waals surface area contributed by atoms with Crippen molar-refractivity contribution in [1.29, 1.82) is 0 Å². The van der Waals surface area contributed by atoms with E-state index in [4.69, 9.17) is 11.5 Å². The van der Waals surface area contributed by atoms with Crippen LogP contribution < -0.4 is 16.8 Å². The summed E-state index contributed by atoms with van der Waals surface area (Å²) in [6, 6.07) is -0.0886. The largest absolute Gasteiger partial charge is 0.370 e. The summed E-state index contributed by atoms with van der Waals surface area (Å²) in [5.41, 5.74) is 11.1. The minimum absolute atomic E-state index is 0. The third-order valence-electron chi connectivity index (χ3n) is 5.27. The summed E-state index contributed by atoms with van der Waals surface area (Å²) in [6.07, 6.45) is 9.09. The van der Waals surface area contributed by atoms with Gasteiger partial charge in [-0.05, 0) is 44.1 Å². The Morgan fingerprint density at radius 2 is 1.73 bits per heavy atom. The topological polar surface area (TPSA) is 98.2 Å². The molecular weight excluding hydrogens is 302 g/mol. The van der Waals surface area contributed by atoms with Gasteiger partial charge in [0.2, 0.25) is 11.8 Å². The highest BCUT2D eigenvalue weighted by molar-refractivity contribution is 5.85. The summed E-state index contributed by atoms with van der Waals surface area (Å²) in [6.45, 7) is 0.571. The Morgan fingerprint density at radius 3 is 2.32 bits per heavy atom. The molecule has 2 saturated carbocycles. The van der Waals surface area contributed by atoms with Crippen molar-refractivity contribution < 1.29 is 9.59 Å². The monoisotopic (exact) mass is 331 g/mol. The number of nitrogens with one attached hydrogen (secondary N) is 1. The van der Waals surface area contributed by atoms with Crippen molar-refractivity contribution in [2.24, 2.45) is 29.2 Å². The Balaban J connectivity index is 0.00000242. The maximum absolute atomic E-state index is 12.5. The highest BCUT2D eigenvalue weighted by Crippen LogP contribution is 2.32. The number of hydrogen-bond donors (Lipinski definition) is 3. The van der Waals surface area contributed by atoms with Gasteiger partial charge in [-0.25, -0.2) is 0 Å². The summed E-state index contributed by atoms with van der Waals surface area (Å²) in [5, 5.41) is 3.13. The van der Waals surface area contributed by atoms with Gasteiger partial charge in [-0.2, -0.15) is 0 Å². The Kier molecular flexibility index (Phi) is 8.18. The summed E-state index contributed by atoms with van der Waals surface area (Å²) in [4.78, 5) is 23.9. The molecule has 6 heteroatoms. The molecule has 128 valence electrons. The van der Waals surface area contributed by atoms with E-state index >= 15 is 0 Å². The third kappa shape index (κ3) is 5.13. The quantitative estimate of drug-likeness (QED) is 0.691. The number of amides is 2. The van der Waals surface area contributed by atoms with Gasteiger partial charge in [0.1, 0.15) is 0 Å². The molecule has 22 heavy (non-hydrogen) atoms. The standard InChI is InChI=1S/C16H29N3O2.ClH/c17-10-12-7-4-8-13(12)16(21)19-14(9-15(18)20)11-5-2-1-3-6-11;/h11-14H,1-10,17H2,(H2,18,20)(H,19,21);1H/t12-,13-,14?;/m1./s1. The van der Waals surface area contributed by atoms with Crippen LogP contribution in [0.1, 0.15) is 57.8 Å². The molecule has 2 fully saturated rings. The van der Waals surface area contributed by atoms with E-state index in [1.165, 1.54) is 19.3 Å². The lowest BCUT2D eigenvalue weighted by molar-refractivity contribution is -0.127. The summed E-state index contributed by atoms with van der Waals surface area (Å²) in [5.74, 6) is 0.472. The fraction of sp³-hybridized carbons (Fsp3) is 0.875. The van der Waals surface area contributed by atoms with E-state index < -0.39 is 0 Å². The maximum Gasteiger partial charge on any atom is 0.223 e. The summed E-state index contributed by atoms with van der Waals surface area (Å²) < 4.78 is 0. The molecule has 2 amide bonds. The van der Waals surface area contributed by atoms with Gasteiger partial charge in [-0.15, -0.1) is 12.4 Å². The number of carbonyl (C=O) groups is 2. The fourth-order valence-electron chi connectivity index (χ4n) is 4.04. The molecule has 0 aromatic carbocycles. The number of primary amides is 1. The van der Waals surface area contributed by atoms with Gasteiger partial charge >= 0.3 is 0 Å². The van der Waals surface area contributed by atoms with Crippen LogP contribution >= 0.6 is 12.4 Å². The molecule has 0 bridgehead atoms. The molecule has 0 aliphatic heterocycles. The van der Waals surface area contributed by atoms with Gasteiger partial charge in [0, 0.05) is 18.4 Å². The molecule has 2 aliphatic rings. The lowest BCUT2D eigenvalue weighted by Crippen LogP contribution is -2.46. The van der Waals surface area contributed by atoms with Crippen molar-refractivity contribution in [3.63, 3.8) is 0 Å². The Bertz CT molecular complexity index is 372. The Labute approximate surface area is 139 Å². The van der Waals surface area contributed by atoms with Crippen LogP contribution in [-0.2, 0) is 9.59 Å². The number of hydrogen-bond acceptors (Lipinski definition) is 3.